The van der Waals surface area contributed by atoms with Crippen LogP contribution in [-0.2, 0) is 0 Å². The topological polar surface area (TPSA) is 75.4 Å². The number of fused-ring (bicyclic) bond motifs is 1. The second-order valence-corrected chi connectivity index (χ2v) is 6.75. The first-order valence-electron chi connectivity index (χ1n) is 9.21. The van der Waals surface area contributed by atoms with Gasteiger partial charge in [0.1, 0.15) is 23.4 Å². The Morgan fingerprint density at radius 2 is 2.07 bits per heavy atom. The Kier molecular flexibility index (Phi) is 7.29. The van der Waals surface area contributed by atoms with Crippen LogP contribution < -0.4 is 10.2 Å². The lowest BCUT2D eigenvalue weighted by atomic mass is 10.3. The highest BCUT2D eigenvalue weighted by molar-refractivity contribution is 6.18. The zero-order valence-electron chi connectivity index (χ0n) is 15.6. The van der Waals surface area contributed by atoms with E-state index in [0.29, 0.717) is 11.2 Å². The predicted molar refractivity (Wildman–Crippen MR) is 107 cm³/mol. The summed E-state index contributed by atoms with van der Waals surface area (Å²) in [4.78, 5) is 22.4. The maximum absolute atomic E-state index is 13.1. The average molecular weight is 423 g/mol. The molecule has 7 nitrogen and oxygen atoms in total. The highest BCUT2D eigenvalue weighted by Gasteiger charge is 2.18. The fraction of sp³-hybridized carbons (Fsp3) is 0.368. The van der Waals surface area contributed by atoms with E-state index in [1.165, 1.54) is 24.7 Å². The van der Waals surface area contributed by atoms with E-state index < -0.39 is 12.1 Å². The van der Waals surface area contributed by atoms with Crippen LogP contribution in [0.3, 0.4) is 0 Å². The van der Waals surface area contributed by atoms with Crippen LogP contribution >= 0.6 is 11.6 Å². The second kappa shape index (κ2) is 10.1. The molecule has 0 spiro atoms. The fourth-order valence-electron chi connectivity index (χ4n) is 2.84. The van der Waals surface area contributed by atoms with Crippen molar-refractivity contribution < 1.29 is 13.6 Å². The molecular formula is C19H21ClF2N6O. The van der Waals surface area contributed by atoms with Gasteiger partial charge < -0.3 is 10.2 Å². The molecule has 4 heterocycles. The standard InChI is InChI=1S/C14H17ClFN5O.C5H4FN/c15-7-10(16)8-17-14(22)11-9-18-21-6-3-12(19-13(11)21)20-4-1-2-5-20;6-5-2-1-3-7-4-5/h3,6,9-10H,1-2,4-5,7-8H2,(H,17,22);1-4H. The maximum atomic E-state index is 13.1. The summed E-state index contributed by atoms with van der Waals surface area (Å²) in [7, 11) is 0. The molecule has 1 aliphatic rings. The summed E-state index contributed by atoms with van der Waals surface area (Å²) in [6.07, 6.45) is 6.96. The molecule has 10 heteroatoms. The Bertz CT molecular complexity index is 933. The van der Waals surface area contributed by atoms with E-state index in [-0.39, 0.29) is 18.2 Å². The number of nitrogens with one attached hydrogen (secondary N) is 1. The van der Waals surface area contributed by atoms with Crippen molar-refractivity contribution in [3.05, 3.63) is 54.4 Å². The Hall–Kier alpha value is -2.81. The molecular weight excluding hydrogens is 402 g/mol. The number of halogens is 3. The van der Waals surface area contributed by atoms with Crippen molar-refractivity contribution in [1.82, 2.24) is 24.9 Å². The third kappa shape index (κ3) is 5.60. The first-order chi connectivity index (χ1) is 14.1. The lowest BCUT2D eigenvalue weighted by Crippen LogP contribution is -2.31. The van der Waals surface area contributed by atoms with Gasteiger partial charge in [-0.15, -0.1) is 11.6 Å². The van der Waals surface area contributed by atoms with Crippen LogP contribution in [-0.4, -0.2) is 57.2 Å². The Balaban J connectivity index is 0.000000290. The average Bonchev–Trinajstić information content (AvgIpc) is 3.42. The number of rotatable bonds is 5. The van der Waals surface area contributed by atoms with Crippen LogP contribution in [0.2, 0.25) is 0 Å². The third-order valence-electron chi connectivity index (χ3n) is 4.31. The van der Waals surface area contributed by atoms with Gasteiger partial charge in [0, 0.05) is 25.5 Å². The predicted octanol–water partition coefficient (Wildman–Crippen LogP) is 2.86. The molecule has 1 amide bonds. The minimum Gasteiger partial charge on any atom is -0.357 e. The number of nitrogens with zero attached hydrogens (tertiary/aromatic N) is 5. The van der Waals surface area contributed by atoms with E-state index in [9.17, 15) is 13.6 Å². The zero-order chi connectivity index (χ0) is 20.6. The number of hydrogen-bond acceptors (Lipinski definition) is 5. The number of pyridine rings is 1. The Labute approximate surface area is 171 Å². The molecule has 0 aromatic carbocycles. The van der Waals surface area contributed by atoms with Crippen LogP contribution in [0.25, 0.3) is 5.65 Å². The highest BCUT2D eigenvalue weighted by Crippen LogP contribution is 2.19. The van der Waals surface area contributed by atoms with E-state index in [0.717, 1.165) is 31.7 Å². The van der Waals surface area contributed by atoms with E-state index in [1.54, 1.807) is 16.8 Å². The van der Waals surface area contributed by atoms with Crippen LogP contribution in [0.15, 0.2) is 43.0 Å². The summed E-state index contributed by atoms with van der Waals surface area (Å²) in [5.41, 5.74) is 0.811. The van der Waals surface area contributed by atoms with E-state index in [1.807, 2.05) is 6.07 Å². The minimum atomic E-state index is -1.26. The van der Waals surface area contributed by atoms with Crippen LogP contribution in [0.4, 0.5) is 14.6 Å². The van der Waals surface area contributed by atoms with E-state index >= 15 is 0 Å². The van der Waals surface area contributed by atoms with Crippen molar-refractivity contribution in [2.45, 2.75) is 19.0 Å². The Morgan fingerprint density at radius 3 is 2.69 bits per heavy atom. The first-order valence-corrected chi connectivity index (χ1v) is 9.75. The van der Waals surface area contributed by atoms with Crippen LogP contribution in [0, 0.1) is 5.82 Å². The van der Waals surface area contributed by atoms with Gasteiger partial charge in [-0.05, 0) is 31.0 Å². The highest BCUT2D eigenvalue weighted by atomic mass is 35.5. The second-order valence-electron chi connectivity index (χ2n) is 6.44. The molecule has 4 rings (SSSR count). The van der Waals surface area contributed by atoms with E-state index in [2.05, 4.69) is 25.3 Å². The van der Waals surface area contributed by atoms with Crippen molar-refractivity contribution >= 4 is 29.0 Å². The van der Waals surface area contributed by atoms with Gasteiger partial charge >= 0.3 is 0 Å². The van der Waals surface area contributed by atoms with Gasteiger partial charge in [-0.3, -0.25) is 9.78 Å². The van der Waals surface area contributed by atoms with Gasteiger partial charge in [0.15, 0.2) is 5.65 Å². The summed E-state index contributed by atoms with van der Waals surface area (Å²) in [6.45, 7) is 1.82. The molecule has 0 bridgehead atoms. The van der Waals surface area contributed by atoms with Crippen molar-refractivity contribution in [2.24, 2.45) is 0 Å². The molecule has 1 N–H and O–H groups in total. The number of hydrogen-bond donors (Lipinski definition) is 1. The molecule has 0 saturated carbocycles. The molecule has 0 aliphatic carbocycles. The lowest BCUT2D eigenvalue weighted by molar-refractivity contribution is 0.0945. The molecule has 1 fully saturated rings. The van der Waals surface area contributed by atoms with Gasteiger partial charge in [-0.1, -0.05) is 0 Å². The zero-order valence-corrected chi connectivity index (χ0v) is 16.4. The van der Waals surface area contributed by atoms with Gasteiger partial charge in [-0.2, -0.15) is 5.10 Å². The monoisotopic (exact) mass is 422 g/mol. The minimum absolute atomic E-state index is 0.120. The van der Waals surface area contributed by atoms with Crippen molar-refractivity contribution in [3.8, 4) is 0 Å². The van der Waals surface area contributed by atoms with Crippen LogP contribution in [0.5, 0.6) is 0 Å². The smallest absolute Gasteiger partial charge is 0.256 e. The molecule has 1 atom stereocenters. The van der Waals surface area contributed by atoms with Gasteiger partial charge in [0.05, 0.1) is 24.8 Å². The van der Waals surface area contributed by atoms with Gasteiger partial charge in [0.25, 0.3) is 5.91 Å². The summed E-state index contributed by atoms with van der Waals surface area (Å²) >= 11 is 5.39. The quantitative estimate of drug-likeness (QED) is 0.640. The normalized spacial score (nSPS) is 14.4. The van der Waals surface area contributed by atoms with Crippen molar-refractivity contribution in [2.75, 3.05) is 30.4 Å². The number of carbonyl (C=O) groups excluding carboxylic acids is 1. The van der Waals surface area contributed by atoms with Crippen molar-refractivity contribution in [1.29, 1.82) is 0 Å². The van der Waals surface area contributed by atoms with Gasteiger partial charge in [0.2, 0.25) is 0 Å². The molecule has 154 valence electrons. The molecule has 3 aromatic heterocycles. The summed E-state index contributed by atoms with van der Waals surface area (Å²) in [5.74, 6) is 0.00636. The van der Waals surface area contributed by atoms with Gasteiger partial charge in [-0.25, -0.2) is 18.3 Å². The van der Waals surface area contributed by atoms with E-state index in [4.69, 9.17) is 11.6 Å². The summed E-state index contributed by atoms with van der Waals surface area (Å²) in [5, 5.41) is 6.62. The third-order valence-corrected chi connectivity index (χ3v) is 4.64. The lowest BCUT2D eigenvalue weighted by Gasteiger charge is -2.16. The van der Waals surface area contributed by atoms with Crippen LogP contribution in [0.1, 0.15) is 23.2 Å². The molecule has 1 unspecified atom stereocenters. The fourth-order valence-corrected chi connectivity index (χ4v) is 2.95. The first kappa shape index (κ1) is 20.9. The largest absolute Gasteiger partial charge is 0.357 e. The maximum Gasteiger partial charge on any atom is 0.256 e. The molecule has 0 radical (unpaired) electrons. The van der Waals surface area contributed by atoms with Crippen molar-refractivity contribution in [3.63, 3.8) is 0 Å². The SMILES string of the molecule is Fc1cccnc1.O=C(NCC(F)CCl)c1cnn2ccc(N3CCCC3)nc12. The molecule has 1 saturated heterocycles. The number of carbonyl (C=O) groups is 1. The summed E-state index contributed by atoms with van der Waals surface area (Å²) in [6, 6.07) is 4.79. The summed E-state index contributed by atoms with van der Waals surface area (Å²) < 4.78 is 26.5. The molecule has 29 heavy (non-hydrogen) atoms. The molecule has 1 aliphatic heterocycles. The number of aromatic nitrogens is 4. The number of amides is 1. The number of anilines is 1. The number of alkyl halides is 2. The Morgan fingerprint density at radius 1 is 1.28 bits per heavy atom. The molecule has 3 aromatic rings.